The molecule has 1 aliphatic carbocycles. The van der Waals surface area contributed by atoms with Gasteiger partial charge in [-0.25, -0.2) is 14.4 Å². The molecular weight excluding hydrogens is 483 g/mol. The van der Waals surface area contributed by atoms with Gasteiger partial charge in [0.2, 0.25) is 0 Å². The lowest BCUT2D eigenvalue weighted by Gasteiger charge is -2.43. The van der Waals surface area contributed by atoms with Gasteiger partial charge < -0.3 is 14.8 Å². The Balaban J connectivity index is 1.28. The second-order valence-corrected chi connectivity index (χ2v) is 9.82. The Hall–Kier alpha value is -2.97. The average Bonchev–Trinajstić information content (AvgIpc) is 2.89. The normalized spacial score (nSPS) is 20.2. The van der Waals surface area contributed by atoms with Crippen LogP contribution < -0.4 is 14.8 Å². The Morgan fingerprint density at radius 1 is 1.17 bits per heavy atom. The zero-order valence-corrected chi connectivity index (χ0v) is 21.1. The molecule has 1 aromatic heterocycles. The molecule has 36 heavy (non-hydrogen) atoms. The quantitative estimate of drug-likeness (QED) is 0.383. The fourth-order valence-corrected chi connectivity index (χ4v) is 5.61. The first kappa shape index (κ1) is 24.7. The third-order valence-corrected chi connectivity index (χ3v) is 7.47. The zero-order chi connectivity index (χ0) is 25.1. The van der Waals surface area contributed by atoms with Gasteiger partial charge in [0.1, 0.15) is 23.7 Å². The Labute approximate surface area is 215 Å². The number of hydrogen-bond donors (Lipinski definition) is 1. The maximum absolute atomic E-state index is 13.6. The number of carbonyl (C=O) groups excluding carboxylic acids is 1. The molecule has 2 unspecified atom stereocenters. The average molecular weight is 513 g/mol. The highest BCUT2D eigenvalue weighted by molar-refractivity contribution is 6.31. The van der Waals surface area contributed by atoms with E-state index in [9.17, 15) is 9.18 Å². The molecule has 0 spiro atoms. The topological polar surface area (TPSA) is 76.6 Å². The number of carbonyl (C=O) groups is 1. The predicted molar refractivity (Wildman–Crippen MR) is 138 cm³/mol. The van der Waals surface area contributed by atoms with Gasteiger partial charge in [-0.1, -0.05) is 11.6 Å². The number of hydrogen-bond acceptors (Lipinski definition) is 7. The number of halogens is 2. The largest absolute Gasteiger partial charge is 0.493 e. The molecule has 1 aliphatic heterocycles. The molecule has 190 valence electrons. The molecule has 2 heterocycles. The fraction of sp³-hybridized carbons (Fsp3) is 0.444. The van der Waals surface area contributed by atoms with E-state index in [1.807, 2.05) is 12.1 Å². The summed E-state index contributed by atoms with van der Waals surface area (Å²) in [6.45, 7) is 2.48. The first-order valence-electron chi connectivity index (χ1n) is 12.5. The molecule has 7 nitrogen and oxygen atoms in total. The van der Waals surface area contributed by atoms with Crippen LogP contribution in [0.25, 0.3) is 10.9 Å². The number of Topliss-reactive ketones (excluding diaryl/α,β-unsaturated/α-hetero) is 1. The van der Waals surface area contributed by atoms with Crippen LogP contribution in [0.2, 0.25) is 5.02 Å². The van der Waals surface area contributed by atoms with Crippen molar-refractivity contribution in [1.82, 2.24) is 14.9 Å². The van der Waals surface area contributed by atoms with Crippen molar-refractivity contribution in [3.63, 3.8) is 0 Å². The first-order chi connectivity index (χ1) is 17.5. The number of methoxy groups -OCH3 is 1. The van der Waals surface area contributed by atoms with E-state index in [1.54, 1.807) is 13.2 Å². The second kappa shape index (κ2) is 11.0. The summed E-state index contributed by atoms with van der Waals surface area (Å²) >= 11 is 5.93. The van der Waals surface area contributed by atoms with Gasteiger partial charge in [-0.05, 0) is 62.9 Å². The van der Waals surface area contributed by atoms with E-state index in [-0.39, 0.29) is 10.9 Å². The summed E-state index contributed by atoms with van der Waals surface area (Å²) in [5.41, 5.74) is 1.30. The SMILES string of the molecule is COc1cc2ncnc(Nc3ccc(F)c(Cl)c3)c2cc1OCCCN1CCCC2C(=O)CCCC21. The van der Waals surface area contributed by atoms with Gasteiger partial charge in [-0.3, -0.25) is 9.69 Å². The van der Waals surface area contributed by atoms with Gasteiger partial charge in [0.15, 0.2) is 11.5 Å². The zero-order valence-electron chi connectivity index (χ0n) is 20.3. The van der Waals surface area contributed by atoms with Crippen LogP contribution in [0.15, 0.2) is 36.7 Å². The van der Waals surface area contributed by atoms with Crippen molar-refractivity contribution in [2.45, 2.75) is 44.6 Å². The van der Waals surface area contributed by atoms with Crippen LogP contribution in [-0.2, 0) is 4.79 Å². The summed E-state index contributed by atoms with van der Waals surface area (Å²) < 4.78 is 25.3. The van der Waals surface area contributed by atoms with Gasteiger partial charge >= 0.3 is 0 Å². The van der Waals surface area contributed by atoms with Crippen molar-refractivity contribution in [3.8, 4) is 11.5 Å². The van der Waals surface area contributed by atoms with Crippen molar-refractivity contribution in [2.24, 2.45) is 5.92 Å². The number of anilines is 2. The molecular formula is C27H30ClFN4O3. The molecule has 2 fully saturated rings. The number of nitrogens with zero attached hydrogens (tertiary/aromatic N) is 3. The van der Waals surface area contributed by atoms with Gasteiger partial charge in [-0.2, -0.15) is 0 Å². The molecule has 3 aromatic rings. The lowest BCUT2D eigenvalue weighted by Crippen LogP contribution is -2.50. The number of nitrogens with one attached hydrogen (secondary N) is 1. The molecule has 1 N–H and O–H groups in total. The Morgan fingerprint density at radius 3 is 2.89 bits per heavy atom. The minimum atomic E-state index is -0.481. The summed E-state index contributed by atoms with van der Waals surface area (Å²) in [6, 6.07) is 8.48. The number of piperidine rings is 1. The number of likely N-dealkylation sites (tertiary alicyclic amines) is 1. The van der Waals surface area contributed by atoms with Crippen molar-refractivity contribution >= 4 is 39.8 Å². The Morgan fingerprint density at radius 2 is 2.06 bits per heavy atom. The van der Waals surface area contributed by atoms with E-state index < -0.39 is 5.82 Å². The molecule has 9 heteroatoms. The molecule has 2 atom stereocenters. The van der Waals surface area contributed by atoms with E-state index in [0.717, 1.165) is 57.0 Å². The van der Waals surface area contributed by atoms with Gasteiger partial charge in [0.25, 0.3) is 0 Å². The lowest BCUT2D eigenvalue weighted by molar-refractivity contribution is -0.129. The molecule has 1 saturated carbocycles. The standard InChI is InChI=1S/C27H30ClFN4O3/c1-35-25-15-22-19(27(31-16-30-22)32-17-8-9-21(29)20(28)13-17)14-26(25)36-12-4-11-33-10-3-5-18-23(33)6-2-7-24(18)34/h8-9,13-16,18,23H,2-7,10-12H2,1H3,(H,30,31,32). The van der Waals surface area contributed by atoms with Gasteiger partial charge in [0.05, 0.1) is 24.3 Å². The highest BCUT2D eigenvalue weighted by Crippen LogP contribution is 2.36. The third kappa shape index (κ3) is 5.25. The van der Waals surface area contributed by atoms with Crippen LogP contribution in [0.5, 0.6) is 11.5 Å². The second-order valence-electron chi connectivity index (χ2n) is 9.41. The summed E-state index contributed by atoms with van der Waals surface area (Å²) in [5, 5.41) is 3.96. The van der Waals surface area contributed by atoms with Gasteiger partial charge in [0, 0.05) is 42.1 Å². The summed E-state index contributed by atoms with van der Waals surface area (Å²) in [6.07, 6.45) is 7.29. The summed E-state index contributed by atoms with van der Waals surface area (Å²) in [7, 11) is 1.60. The predicted octanol–water partition coefficient (Wildman–Crippen LogP) is 5.78. The number of ketones is 1. The van der Waals surface area contributed by atoms with Crippen molar-refractivity contribution in [3.05, 3.63) is 47.5 Å². The number of rotatable bonds is 8. The van der Waals surface area contributed by atoms with E-state index in [4.69, 9.17) is 21.1 Å². The van der Waals surface area contributed by atoms with Crippen LogP contribution in [-0.4, -0.2) is 53.5 Å². The maximum Gasteiger partial charge on any atom is 0.162 e. The number of ether oxygens (including phenoxy) is 2. The molecule has 5 rings (SSSR count). The van der Waals surface area contributed by atoms with Crippen LogP contribution >= 0.6 is 11.6 Å². The van der Waals surface area contributed by atoms with Crippen molar-refractivity contribution in [2.75, 3.05) is 32.1 Å². The van der Waals surface area contributed by atoms with E-state index in [1.165, 1.54) is 18.5 Å². The minimum absolute atomic E-state index is 0.0293. The monoisotopic (exact) mass is 512 g/mol. The third-order valence-electron chi connectivity index (χ3n) is 7.18. The van der Waals surface area contributed by atoms with Crippen molar-refractivity contribution < 1.29 is 18.7 Å². The maximum atomic E-state index is 13.6. The molecule has 2 aliphatic rings. The molecule has 1 saturated heterocycles. The minimum Gasteiger partial charge on any atom is -0.493 e. The van der Waals surface area contributed by atoms with E-state index in [2.05, 4.69) is 20.2 Å². The number of aromatic nitrogens is 2. The van der Waals surface area contributed by atoms with E-state index >= 15 is 0 Å². The van der Waals surface area contributed by atoms with Crippen LogP contribution in [0, 0.1) is 11.7 Å². The molecule has 0 bridgehead atoms. The Kier molecular flexibility index (Phi) is 7.53. The highest BCUT2D eigenvalue weighted by atomic mass is 35.5. The van der Waals surface area contributed by atoms with Crippen LogP contribution in [0.1, 0.15) is 38.5 Å². The number of fused-ring (bicyclic) bond motifs is 2. The van der Waals surface area contributed by atoms with Crippen molar-refractivity contribution in [1.29, 1.82) is 0 Å². The summed E-state index contributed by atoms with van der Waals surface area (Å²) in [4.78, 5) is 23.5. The highest BCUT2D eigenvalue weighted by Gasteiger charge is 2.37. The Bertz CT molecular complexity index is 1260. The summed E-state index contributed by atoms with van der Waals surface area (Å²) in [5.74, 6) is 1.93. The first-order valence-corrected chi connectivity index (χ1v) is 12.9. The lowest BCUT2D eigenvalue weighted by atomic mass is 9.77. The molecule has 2 aromatic carbocycles. The van der Waals surface area contributed by atoms with Crippen LogP contribution in [0.4, 0.5) is 15.9 Å². The number of benzene rings is 2. The molecule has 0 radical (unpaired) electrons. The van der Waals surface area contributed by atoms with Crippen LogP contribution in [0.3, 0.4) is 0 Å². The van der Waals surface area contributed by atoms with Gasteiger partial charge in [-0.15, -0.1) is 0 Å². The van der Waals surface area contributed by atoms with E-state index in [0.29, 0.717) is 47.0 Å². The molecule has 0 amide bonds. The fourth-order valence-electron chi connectivity index (χ4n) is 5.43. The smallest absolute Gasteiger partial charge is 0.162 e.